The van der Waals surface area contributed by atoms with Gasteiger partial charge in [-0.2, -0.15) is 0 Å². The molecular formula is C15H12BrF2NO. The predicted molar refractivity (Wildman–Crippen MR) is 76.3 cm³/mol. The third-order valence-corrected chi connectivity index (χ3v) is 3.47. The summed E-state index contributed by atoms with van der Waals surface area (Å²) in [4.78, 5) is 13.6. The SMILES string of the molecule is CN(Cc1ccc(F)cc1)C(=O)c1cccc(Br)c1F. The number of carbonyl (C=O) groups excluding carboxylic acids is 1. The molecule has 2 rings (SSSR count). The van der Waals surface area contributed by atoms with E-state index < -0.39 is 11.7 Å². The number of carbonyl (C=O) groups is 1. The van der Waals surface area contributed by atoms with Gasteiger partial charge in [0.2, 0.25) is 0 Å². The topological polar surface area (TPSA) is 20.3 Å². The Kier molecular flexibility index (Phi) is 4.49. The molecule has 0 radical (unpaired) electrons. The number of halogens is 3. The lowest BCUT2D eigenvalue weighted by Crippen LogP contribution is -2.27. The van der Waals surface area contributed by atoms with Crippen molar-refractivity contribution in [3.63, 3.8) is 0 Å². The van der Waals surface area contributed by atoms with Gasteiger partial charge in [0.15, 0.2) is 0 Å². The molecule has 0 unspecified atom stereocenters. The summed E-state index contributed by atoms with van der Waals surface area (Å²) in [5, 5.41) is 0. The summed E-state index contributed by atoms with van der Waals surface area (Å²) in [7, 11) is 1.58. The van der Waals surface area contributed by atoms with E-state index in [1.54, 1.807) is 25.2 Å². The second-order valence-corrected chi connectivity index (χ2v) is 5.24. The third-order valence-electron chi connectivity index (χ3n) is 2.86. The molecule has 2 nitrogen and oxygen atoms in total. The molecule has 0 bridgehead atoms. The van der Waals surface area contributed by atoms with Gasteiger partial charge in [-0.3, -0.25) is 4.79 Å². The van der Waals surface area contributed by atoms with Gasteiger partial charge in [-0.25, -0.2) is 8.78 Å². The molecule has 0 aliphatic rings. The molecule has 20 heavy (non-hydrogen) atoms. The molecule has 1 amide bonds. The first kappa shape index (κ1) is 14.7. The van der Waals surface area contributed by atoms with Crippen LogP contribution in [0.25, 0.3) is 0 Å². The Morgan fingerprint density at radius 1 is 1.15 bits per heavy atom. The zero-order valence-corrected chi connectivity index (χ0v) is 12.3. The van der Waals surface area contributed by atoms with Crippen LogP contribution in [0.3, 0.4) is 0 Å². The highest BCUT2D eigenvalue weighted by atomic mass is 79.9. The molecule has 0 spiro atoms. The summed E-state index contributed by atoms with van der Waals surface area (Å²) in [5.74, 6) is -1.34. The lowest BCUT2D eigenvalue weighted by atomic mass is 10.1. The Morgan fingerprint density at radius 3 is 2.45 bits per heavy atom. The van der Waals surface area contributed by atoms with Crippen molar-refractivity contribution in [3.05, 3.63) is 69.7 Å². The number of hydrogen-bond acceptors (Lipinski definition) is 1. The van der Waals surface area contributed by atoms with Gasteiger partial charge in [0.25, 0.3) is 5.91 Å². The molecule has 0 fully saturated rings. The van der Waals surface area contributed by atoms with Crippen LogP contribution >= 0.6 is 15.9 Å². The van der Waals surface area contributed by atoms with Gasteiger partial charge in [-0.15, -0.1) is 0 Å². The quantitative estimate of drug-likeness (QED) is 0.827. The normalized spacial score (nSPS) is 10.4. The molecule has 0 N–H and O–H groups in total. The van der Waals surface area contributed by atoms with E-state index in [4.69, 9.17) is 0 Å². The number of hydrogen-bond donors (Lipinski definition) is 0. The molecule has 0 aliphatic heterocycles. The van der Waals surface area contributed by atoms with Gasteiger partial charge in [0.05, 0.1) is 10.0 Å². The van der Waals surface area contributed by atoms with E-state index in [1.165, 1.54) is 29.2 Å². The first-order valence-corrected chi connectivity index (χ1v) is 6.72. The maximum absolute atomic E-state index is 13.9. The van der Waals surface area contributed by atoms with Gasteiger partial charge >= 0.3 is 0 Å². The Morgan fingerprint density at radius 2 is 1.80 bits per heavy atom. The van der Waals surface area contributed by atoms with Crippen molar-refractivity contribution >= 4 is 21.8 Å². The Bertz CT molecular complexity index is 628. The van der Waals surface area contributed by atoms with Crippen molar-refractivity contribution < 1.29 is 13.6 Å². The summed E-state index contributed by atoms with van der Waals surface area (Å²) < 4.78 is 26.9. The lowest BCUT2D eigenvalue weighted by Gasteiger charge is -2.18. The molecule has 0 atom stereocenters. The van der Waals surface area contributed by atoms with Crippen molar-refractivity contribution in [1.82, 2.24) is 4.90 Å². The van der Waals surface area contributed by atoms with E-state index in [0.717, 1.165) is 5.56 Å². The average molecular weight is 340 g/mol. The molecule has 5 heteroatoms. The fourth-order valence-electron chi connectivity index (χ4n) is 1.81. The van der Waals surface area contributed by atoms with Crippen molar-refractivity contribution in [2.75, 3.05) is 7.05 Å². The Balaban J connectivity index is 2.16. The molecule has 2 aromatic carbocycles. The molecule has 104 valence electrons. The summed E-state index contributed by atoms with van der Waals surface area (Å²) in [6.45, 7) is 0.283. The highest BCUT2D eigenvalue weighted by Gasteiger charge is 2.17. The van der Waals surface area contributed by atoms with Crippen LogP contribution in [-0.4, -0.2) is 17.9 Å². The molecule has 0 saturated heterocycles. The molecule has 0 aliphatic carbocycles. The van der Waals surface area contributed by atoms with E-state index in [1.807, 2.05) is 0 Å². The van der Waals surface area contributed by atoms with Crippen LogP contribution in [0.2, 0.25) is 0 Å². The fourth-order valence-corrected chi connectivity index (χ4v) is 2.18. The number of benzene rings is 2. The lowest BCUT2D eigenvalue weighted by molar-refractivity contribution is 0.0780. The first-order chi connectivity index (χ1) is 9.49. The highest BCUT2D eigenvalue weighted by molar-refractivity contribution is 9.10. The maximum atomic E-state index is 13.9. The van der Waals surface area contributed by atoms with Crippen LogP contribution in [0, 0.1) is 11.6 Å². The zero-order valence-electron chi connectivity index (χ0n) is 10.7. The van der Waals surface area contributed by atoms with Crippen LogP contribution in [0.1, 0.15) is 15.9 Å². The van der Waals surface area contributed by atoms with Gasteiger partial charge in [-0.05, 0) is 45.8 Å². The third kappa shape index (κ3) is 3.22. The minimum absolute atomic E-state index is 0.00369. The summed E-state index contributed by atoms with van der Waals surface area (Å²) in [5.41, 5.74) is 0.779. The van der Waals surface area contributed by atoms with Gasteiger partial charge < -0.3 is 4.90 Å². The second kappa shape index (κ2) is 6.13. The molecule has 0 aromatic heterocycles. The molecular weight excluding hydrogens is 328 g/mol. The minimum Gasteiger partial charge on any atom is -0.337 e. The Hall–Kier alpha value is -1.75. The van der Waals surface area contributed by atoms with E-state index in [9.17, 15) is 13.6 Å². The number of nitrogens with zero attached hydrogens (tertiary/aromatic N) is 1. The zero-order chi connectivity index (χ0) is 14.7. The molecule has 2 aromatic rings. The minimum atomic E-state index is -0.580. The van der Waals surface area contributed by atoms with Crippen LogP contribution in [0.15, 0.2) is 46.9 Å². The first-order valence-electron chi connectivity index (χ1n) is 5.93. The maximum Gasteiger partial charge on any atom is 0.256 e. The van der Waals surface area contributed by atoms with Gasteiger partial charge in [0, 0.05) is 13.6 Å². The Labute approximate surface area is 124 Å². The van der Waals surface area contributed by atoms with E-state index >= 15 is 0 Å². The van der Waals surface area contributed by atoms with Gasteiger partial charge in [0.1, 0.15) is 11.6 Å². The second-order valence-electron chi connectivity index (χ2n) is 4.39. The largest absolute Gasteiger partial charge is 0.337 e. The van der Waals surface area contributed by atoms with Crippen molar-refractivity contribution in [2.24, 2.45) is 0 Å². The number of rotatable bonds is 3. The van der Waals surface area contributed by atoms with Crippen LogP contribution in [0.5, 0.6) is 0 Å². The smallest absolute Gasteiger partial charge is 0.256 e. The molecule has 0 heterocycles. The van der Waals surface area contributed by atoms with Crippen LogP contribution in [0.4, 0.5) is 8.78 Å². The van der Waals surface area contributed by atoms with E-state index in [0.29, 0.717) is 0 Å². The standard InChI is InChI=1S/C15H12BrF2NO/c1-19(9-10-5-7-11(17)8-6-10)15(20)12-3-2-4-13(16)14(12)18/h2-8H,9H2,1H3. The summed E-state index contributed by atoms with van der Waals surface area (Å²) >= 11 is 3.05. The van der Waals surface area contributed by atoms with Crippen LogP contribution < -0.4 is 0 Å². The predicted octanol–water partition coefficient (Wildman–Crippen LogP) is 4.00. The van der Waals surface area contributed by atoms with Crippen molar-refractivity contribution in [2.45, 2.75) is 6.54 Å². The van der Waals surface area contributed by atoms with Crippen molar-refractivity contribution in [3.8, 4) is 0 Å². The van der Waals surface area contributed by atoms with E-state index in [-0.39, 0.29) is 22.4 Å². The average Bonchev–Trinajstić information content (AvgIpc) is 2.43. The van der Waals surface area contributed by atoms with E-state index in [2.05, 4.69) is 15.9 Å². The monoisotopic (exact) mass is 339 g/mol. The summed E-state index contributed by atoms with van der Waals surface area (Å²) in [6, 6.07) is 10.4. The fraction of sp³-hybridized carbons (Fsp3) is 0.133. The van der Waals surface area contributed by atoms with Crippen LogP contribution in [-0.2, 0) is 6.54 Å². The van der Waals surface area contributed by atoms with Gasteiger partial charge in [-0.1, -0.05) is 18.2 Å². The van der Waals surface area contributed by atoms with Crippen molar-refractivity contribution in [1.29, 1.82) is 0 Å². The summed E-state index contributed by atoms with van der Waals surface area (Å²) in [6.07, 6.45) is 0. The number of amides is 1. The molecule has 0 saturated carbocycles. The highest BCUT2D eigenvalue weighted by Crippen LogP contribution is 2.20.